The van der Waals surface area contributed by atoms with E-state index in [-0.39, 0.29) is 11.5 Å². The van der Waals surface area contributed by atoms with Gasteiger partial charge in [0, 0.05) is 6.20 Å². The van der Waals surface area contributed by atoms with Crippen molar-refractivity contribution in [2.75, 3.05) is 11.1 Å². The molecule has 0 fully saturated rings. The number of aryl methyl sites for hydroxylation is 1. The Labute approximate surface area is 109 Å². The first-order valence-corrected chi connectivity index (χ1v) is 5.75. The molecule has 1 amide bonds. The van der Waals surface area contributed by atoms with E-state index in [1.165, 1.54) is 6.20 Å². The topological polar surface area (TPSA) is 96.7 Å². The molecule has 7 heteroatoms. The molecule has 0 saturated heterocycles. The number of rotatable bonds is 3. The summed E-state index contributed by atoms with van der Waals surface area (Å²) in [6, 6.07) is 3.31. The van der Waals surface area contributed by atoms with E-state index >= 15 is 0 Å². The monoisotopic (exact) mass is 265 g/mol. The van der Waals surface area contributed by atoms with Crippen LogP contribution in [0, 0.1) is 0 Å². The number of nitrogens with two attached hydrogens (primary N) is 1. The lowest BCUT2D eigenvalue weighted by atomic mass is 10.2. The molecule has 2 heterocycles. The molecule has 2 aromatic heterocycles. The molecule has 0 radical (unpaired) electrons. The molecule has 0 bridgehead atoms. The minimum Gasteiger partial charge on any atom is -0.395 e. The van der Waals surface area contributed by atoms with Crippen molar-refractivity contribution in [3.63, 3.8) is 0 Å². The Kier molecular flexibility index (Phi) is 3.47. The van der Waals surface area contributed by atoms with Gasteiger partial charge >= 0.3 is 0 Å². The molecule has 0 aromatic carbocycles. The van der Waals surface area contributed by atoms with Gasteiger partial charge in [0.25, 0.3) is 5.91 Å². The SMILES string of the molecule is CCc1[nH]nc(C(=O)Nc2ncccc2Cl)c1N. The zero-order chi connectivity index (χ0) is 13.1. The smallest absolute Gasteiger partial charge is 0.279 e. The largest absolute Gasteiger partial charge is 0.395 e. The van der Waals surface area contributed by atoms with Crippen LogP contribution in [-0.4, -0.2) is 21.1 Å². The maximum atomic E-state index is 11.9. The molecule has 2 aromatic rings. The molecular weight excluding hydrogens is 254 g/mol. The normalized spacial score (nSPS) is 10.3. The van der Waals surface area contributed by atoms with Gasteiger partial charge in [-0.3, -0.25) is 9.89 Å². The first-order valence-electron chi connectivity index (χ1n) is 5.38. The highest BCUT2D eigenvalue weighted by molar-refractivity contribution is 6.33. The number of aromatic nitrogens is 3. The maximum absolute atomic E-state index is 11.9. The van der Waals surface area contributed by atoms with E-state index in [0.717, 1.165) is 5.69 Å². The molecule has 94 valence electrons. The molecule has 0 saturated carbocycles. The van der Waals surface area contributed by atoms with Gasteiger partial charge in [0.2, 0.25) is 0 Å². The third-order valence-corrected chi connectivity index (χ3v) is 2.75. The second-order valence-corrected chi connectivity index (χ2v) is 4.01. The Morgan fingerprint density at radius 2 is 2.39 bits per heavy atom. The number of amides is 1. The second-order valence-electron chi connectivity index (χ2n) is 3.61. The van der Waals surface area contributed by atoms with Crippen LogP contribution < -0.4 is 11.1 Å². The number of carbonyl (C=O) groups is 1. The van der Waals surface area contributed by atoms with Crippen molar-refractivity contribution in [3.8, 4) is 0 Å². The van der Waals surface area contributed by atoms with Gasteiger partial charge in [0.05, 0.1) is 16.4 Å². The Hall–Kier alpha value is -2.08. The number of H-pyrrole nitrogens is 1. The summed E-state index contributed by atoms with van der Waals surface area (Å²) in [4.78, 5) is 15.9. The van der Waals surface area contributed by atoms with Gasteiger partial charge < -0.3 is 11.1 Å². The van der Waals surface area contributed by atoms with Crippen molar-refractivity contribution in [3.05, 3.63) is 34.7 Å². The van der Waals surface area contributed by atoms with Crippen LogP contribution in [0.4, 0.5) is 11.5 Å². The molecule has 0 aliphatic carbocycles. The fraction of sp³-hybridized carbons (Fsp3) is 0.182. The number of halogens is 1. The van der Waals surface area contributed by atoms with E-state index in [0.29, 0.717) is 17.1 Å². The van der Waals surface area contributed by atoms with E-state index < -0.39 is 5.91 Å². The number of pyridine rings is 1. The lowest BCUT2D eigenvalue weighted by molar-refractivity contribution is 0.102. The van der Waals surface area contributed by atoms with Gasteiger partial charge in [0.15, 0.2) is 11.5 Å². The third kappa shape index (κ3) is 2.28. The van der Waals surface area contributed by atoms with Crippen LogP contribution >= 0.6 is 11.6 Å². The van der Waals surface area contributed by atoms with E-state index in [1.807, 2.05) is 6.92 Å². The van der Waals surface area contributed by atoms with E-state index in [4.69, 9.17) is 17.3 Å². The number of hydrogen-bond acceptors (Lipinski definition) is 4. The molecule has 0 unspecified atom stereocenters. The molecule has 0 aliphatic rings. The van der Waals surface area contributed by atoms with E-state index in [1.54, 1.807) is 12.1 Å². The standard InChI is InChI=1S/C11H12ClN5O/c1-2-7-8(13)9(17-16-7)11(18)15-10-6(12)4-3-5-14-10/h3-5H,2,13H2,1H3,(H,16,17)(H,14,15,18). The van der Waals surface area contributed by atoms with Crippen LogP contribution in [0.2, 0.25) is 5.02 Å². The van der Waals surface area contributed by atoms with E-state index in [9.17, 15) is 4.79 Å². The van der Waals surface area contributed by atoms with Crippen LogP contribution in [0.3, 0.4) is 0 Å². The van der Waals surface area contributed by atoms with Crippen LogP contribution in [0.25, 0.3) is 0 Å². The zero-order valence-corrected chi connectivity index (χ0v) is 10.5. The molecule has 0 spiro atoms. The quantitative estimate of drug-likeness (QED) is 0.789. The van der Waals surface area contributed by atoms with Gasteiger partial charge in [-0.1, -0.05) is 18.5 Å². The highest BCUT2D eigenvalue weighted by Gasteiger charge is 2.17. The summed E-state index contributed by atoms with van der Waals surface area (Å²) in [5.41, 5.74) is 7.02. The van der Waals surface area contributed by atoms with Gasteiger partial charge in [-0.15, -0.1) is 0 Å². The number of anilines is 2. The average Bonchev–Trinajstić information content (AvgIpc) is 2.73. The fourth-order valence-electron chi connectivity index (χ4n) is 1.47. The summed E-state index contributed by atoms with van der Waals surface area (Å²) in [5.74, 6) is -0.159. The summed E-state index contributed by atoms with van der Waals surface area (Å²) in [7, 11) is 0. The maximum Gasteiger partial charge on any atom is 0.279 e. The fourth-order valence-corrected chi connectivity index (χ4v) is 1.64. The number of nitrogens with one attached hydrogen (secondary N) is 2. The minimum atomic E-state index is -0.441. The highest BCUT2D eigenvalue weighted by atomic mass is 35.5. The van der Waals surface area contributed by atoms with E-state index in [2.05, 4.69) is 20.5 Å². The Bertz CT molecular complexity index is 581. The van der Waals surface area contributed by atoms with Gasteiger partial charge in [0.1, 0.15) is 0 Å². The summed E-state index contributed by atoms with van der Waals surface area (Å²) >= 11 is 5.89. The first-order chi connectivity index (χ1) is 8.63. The van der Waals surface area contributed by atoms with Crippen LogP contribution in [0.15, 0.2) is 18.3 Å². The number of carbonyl (C=O) groups excluding carboxylic acids is 1. The zero-order valence-electron chi connectivity index (χ0n) is 9.70. The lowest BCUT2D eigenvalue weighted by Crippen LogP contribution is -2.15. The molecule has 0 aliphatic heterocycles. The number of aromatic amines is 1. The van der Waals surface area contributed by atoms with Gasteiger partial charge in [-0.2, -0.15) is 5.10 Å². The van der Waals surface area contributed by atoms with Crippen molar-refractivity contribution in [1.29, 1.82) is 0 Å². The predicted octanol–water partition coefficient (Wildman–Crippen LogP) is 1.85. The molecule has 6 nitrogen and oxygen atoms in total. The summed E-state index contributed by atoms with van der Waals surface area (Å²) in [6.45, 7) is 1.92. The summed E-state index contributed by atoms with van der Waals surface area (Å²) < 4.78 is 0. The van der Waals surface area contributed by atoms with Gasteiger partial charge in [-0.05, 0) is 18.6 Å². The van der Waals surface area contributed by atoms with Crippen molar-refractivity contribution >= 4 is 29.0 Å². The molecule has 18 heavy (non-hydrogen) atoms. The summed E-state index contributed by atoms with van der Waals surface area (Å²) in [6.07, 6.45) is 2.21. The van der Waals surface area contributed by atoms with Crippen LogP contribution in [-0.2, 0) is 6.42 Å². The number of nitrogens with zero attached hydrogens (tertiary/aromatic N) is 2. The first kappa shape index (κ1) is 12.4. The third-order valence-electron chi connectivity index (χ3n) is 2.44. The van der Waals surface area contributed by atoms with Crippen molar-refractivity contribution in [1.82, 2.24) is 15.2 Å². The Morgan fingerprint density at radius 3 is 3.00 bits per heavy atom. The minimum absolute atomic E-state index is 0.147. The number of nitrogen functional groups attached to an aromatic ring is 1. The number of hydrogen-bond donors (Lipinski definition) is 3. The van der Waals surface area contributed by atoms with Crippen molar-refractivity contribution in [2.24, 2.45) is 0 Å². The molecule has 2 rings (SSSR count). The highest BCUT2D eigenvalue weighted by Crippen LogP contribution is 2.20. The summed E-state index contributed by atoms with van der Waals surface area (Å²) in [5, 5.41) is 9.51. The Morgan fingerprint density at radius 1 is 1.61 bits per heavy atom. The Balaban J connectivity index is 2.22. The van der Waals surface area contributed by atoms with Crippen molar-refractivity contribution in [2.45, 2.75) is 13.3 Å². The second kappa shape index (κ2) is 5.05. The lowest BCUT2D eigenvalue weighted by Gasteiger charge is -2.04. The van der Waals surface area contributed by atoms with Crippen molar-refractivity contribution < 1.29 is 4.79 Å². The molecule has 0 atom stereocenters. The van der Waals surface area contributed by atoms with Crippen LogP contribution in [0.1, 0.15) is 23.1 Å². The molecule has 4 N–H and O–H groups in total. The van der Waals surface area contributed by atoms with Crippen LogP contribution in [0.5, 0.6) is 0 Å². The average molecular weight is 266 g/mol. The van der Waals surface area contributed by atoms with Gasteiger partial charge in [-0.25, -0.2) is 4.98 Å². The molecular formula is C11H12ClN5O. The predicted molar refractivity (Wildman–Crippen MR) is 69.6 cm³/mol.